The fourth-order valence-electron chi connectivity index (χ4n) is 1.33. The second kappa shape index (κ2) is 4.63. The van der Waals surface area contributed by atoms with E-state index in [1.54, 1.807) is 13.2 Å². The molecule has 0 aliphatic rings. The van der Waals surface area contributed by atoms with Gasteiger partial charge in [0.05, 0.1) is 12.6 Å². The van der Waals surface area contributed by atoms with Gasteiger partial charge < -0.3 is 0 Å². The molecule has 3 N–H and O–H groups in total. The topological polar surface area (TPSA) is 55.9 Å². The molecule has 0 aliphatic carbocycles. The number of halogens is 3. The van der Waals surface area contributed by atoms with Gasteiger partial charge in [-0.25, -0.2) is 0 Å². The van der Waals surface area contributed by atoms with Crippen LogP contribution in [0.5, 0.6) is 0 Å². The summed E-state index contributed by atoms with van der Waals surface area (Å²) in [5.74, 6) is 5.06. The molecule has 0 bridgehead atoms. The lowest BCUT2D eigenvalue weighted by atomic mass is 10.1. The minimum Gasteiger partial charge on any atom is -0.276 e. The van der Waals surface area contributed by atoms with Crippen molar-refractivity contribution in [1.29, 1.82) is 0 Å². The molecule has 1 aromatic rings. The number of nitrogens with zero attached hydrogens (tertiary/aromatic N) is 2. The van der Waals surface area contributed by atoms with E-state index in [9.17, 15) is 13.2 Å². The Balaban J connectivity index is 2.54. The van der Waals surface area contributed by atoms with Gasteiger partial charge in [0.1, 0.15) is 0 Å². The highest BCUT2D eigenvalue weighted by Crippen LogP contribution is 2.22. The first-order valence-corrected chi connectivity index (χ1v) is 4.41. The van der Waals surface area contributed by atoms with E-state index in [1.807, 2.05) is 0 Å². The van der Waals surface area contributed by atoms with E-state index >= 15 is 0 Å². The lowest BCUT2D eigenvalue weighted by Crippen LogP contribution is -2.40. The Labute approximate surface area is 85.2 Å². The maximum Gasteiger partial charge on any atom is 0.390 e. The van der Waals surface area contributed by atoms with E-state index in [4.69, 9.17) is 5.84 Å². The molecule has 86 valence electrons. The van der Waals surface area contributed by atoms with Crippen LogP contribution in [0.4, 0.5) is 13.2 Å². The highest BCUT2D eigenvalue weighted by atomic mass is 19.4. The summed E-state index contributed by atoms with van der Waals surface area (Å²) in [6.45, 7) is 0. The second-order valence-corrected chi connectivity index (χ2v) is 3.41. The third kappa shape index (κ3) is 4.30. The minimum absolute atomic E-state index is 0.212. The SMILES string of the molecule is Cn1cc(CC(CC(F)(F)F)NN)cn1. The molecule has 0 fully saturated rings. The Morgan fingerprint density at radius 1 is 1.60 bits per heavy atom. The molecule has 0 aliphatic heterocycles. The van der Waals surface area contributed by atoms with Crippen molar-refractivity contribution in [1.82, 2.24) is 15.2 Å². The number of hydrogen-bond acceptors (Lipinski definition) is 3. The lowest BCUT2D eigenvalue weighted by molar-refractivity contribution is -0.140. The average molecular weight is 222 g/mol. The first-order valence-electron chi connectivity index (χ1n) is 4.41. The fourth-order valence-corrected chi connectivity index (χ4v) is 1.33. The Hall–Kier alpha value is -1.08. The molecule has 0 amide bonds. The van der Waals surface area contributed by atoms with Crippen molar-refractivity contribution in [3.05, 3.63) is 18.0 Å². The van der Waals surface area contributed by atoms with Crippen molar-refractivity contribution < 1.29 is 13.2 Å². The Morgan fingerprint density at radius 3 is 2.67 bits per heavy atom. The Morgan fingerprint density at radius 2 is 2.27 bits per heavy atom. The van der Waals surface area contributed by atoms with Crippen LogP contribution in [0.2, 0.25) is 0 Å². The van der Waals surface area contributed by atoms with Crippen molar-refractivity contribution in [2.45, 2.75) is 25.1 Å². The molecule has 0 saturated heterocycles. The zero-order chi connectivity index (χ0) is 11.5. The fraction of sp³-hybridized carbons (Fsp3) is 0.625. The number of hydrazine groups is 1. The maximum absolute atomic E-state index is 12.1. The van der Waals surface area contributed by atoms with E-state index in [2.05, 4.69) is 10.5 Å². The minimum atomic E-state index is -4.21. The van der Waals surface area contributed by atoms with E-state index in [-0.39, 0.29) is 6.42 Å². The molecule has 7 heteroatoms. The number of aryl methyl sites for hydroxylation is 1. The lowest BCUT2D eigenvalue weighted by Gasteiger charge is -2.16. The van der Waals surface area contributed by atoms with Gasteiger partial charge in [-0.3, -0.25) is 16.0 Å². The van der Waals surface area contributed by atoms with Crippen LogP contribution in [0.1, 0.15) is 12.0 Å². The molecule has 0 aromatic carbocycles. The van der Waals surface area contributed by atoms with Gasteiger partial charge in [0.15, 0.2) is 0 Å². The van der Waals surface area contributed by atoms with E-state index in [1.165, 1.54) is 10.9 Å². The smallest absolute Gasteiger partial charge is 0.276 e. The van der Waals surface area contributed by atoms with Crippen molar-refractivity contribution in [3.63, 3.8) is 0 Å². The summed E-state index contributed by atoms with van der Waals surface area (Å²) in [7, 11) is 1.71. The van der Waals surface area contributed by atoms with Gasteiger partial charge in [-0.2, -0.15) is 18.3 Å². The standard InChI is InChI=1S/C8H13F3N4/c1-15-5-6(4-13-15)2-7(14-12)3-8(9,10)11/h4-5,7,14H,2-3,12H2,1H3. The highest BCUT2D eigenvalue weighted by Gasteiger charge is 2.31. The third-order valence-corrected chi connectivity index (χ3v) is 1.95. The summed E-state index contributed by atoms with van der Waals surface area (Å²) in [5.41, 5.74) is 2.89. The van der Waals surface area contributed by atoms with E-state index < -0.39 is 18.6 Å². The summed E-state index contributed by atoms with van der Waals surface area (Å²) < 4.78 is 37.8. The number of nitrogens with two attached hydrogens (primary N) is 1. The predicted octanol–water partition coefficient (Wildman–Crippen LogP) is 0.747. The molecule has 0 radical (unpaired) electrons. The quantitative estimate of drug-likeness (QED) is 0.583. The van der Waals surface area contributed by atoms with Gasteiger partial charge in [0, 0.05) is 19.3 Å². The summed E-state index contributed by atoms with van der Waals surface area (Å²) in [4.78, 5) is 0. The number of hydrogen-bond donors (Lipinski definition) is 2. The van der Waals surface area contributed by atoms with Crippen LogP contribution >= 0.6 is 0 Å². The summed E-state index contributed by atoms with van der Waals surface area (Å²) in [6.07, 6.45) is -1.75. The number of aromatic nitrogens is 2. The number of rotatable bonds is 4. The normalized spacial score (nSPS) is 14.2. The largest absolute Gasteiger partial charge is 0.390 e. The summed E-state index contributed by atoms with van der Waals surface area (Å²) >= 11 is 0. The molecule has 1 atom stereocenters. The van der Waals surface area contributed by atoms with E-state index in [0.717, 1.165) is 5.56 Å². The molecule has 15 heavy (non-hydrogen) atoms. The average Bonchev–Trinajstić information content (AvgIpc) is 2.47. The van der Waals surface area contributed by atoms with Gasteiger partial charge in [-0.05, 0) is 12.0 Å². The molecule has 1 rings (SSSR count). The van der Waals surface area contributed by atoms with Crippen LogP contribution in [0.15, 0.2) is 12.4 Å². The number of nitrogens with one attached hydrogen (secondary N) is 1. The predicted molar refractivity (Wildman–Crippen MR) is 48.7 cm³/mol. The highest BCUT2D eigenvalue weighted by molar-refractivity contribution is 5.05. The molecule has 1 heterocycles. The van der Waals surface area contributed by atoms with Gasteiger partial charge in [-0.1, -0.05) is 0 Å². The molecule has 0 saturated carbocycles. The molecule has 1 unspecified atom stereocenters. The molecular weight excluding hydrogens is 209 g/mol. The van der Waals surface area contributed by atoms with Crippen molar-refractivity contribution in [2.75, 3.05) is 0 Å². The van der Waals surface area contributed by atoms with Crippen LogP contribution in [0, 0.1) is 0 Å². The van der Waals surface area contributed by atoms with Crippen LogP contribution in [-0.4, -0.2) is 22.0 Å². The van der Waals surface area contributed by atoms with Crippen molar-refractivity contribution >= 4 is 0 Å². The van der Waals surface area contributed by atoms with Crippen LogP contribution in [0.25, 0.3) is 0 Å². The van der Waals surface area contributed by atoms with Gasteiger partial charge >= 0.3 is 6.18 Å². The number of alkyl halides is 3. The first-order chi connectivity index (χ1) is 6.90. The Bertz CT molecular complexity index is 307. The zero-order valence-electron chi connectivity index (χ0n) is 8.25. The third-order valence-electron chi connectivity index (χ3n) is 1.95. The molecule has 4 nitrogen and oxygen atoms in total. The summed E-state index contributed by atoms with van der Waals surface area (Å²) in [5, 5.41) is 3.87. The van der Waals surface area contributed by atoms with Crippen LogP contribution in [-0.2, 0) is 13.5 Å². The second-order valence-electron chi connectivity index (χ2n) is 3.41. The van der Waals surface area contributed by atoms with Gasteiger partial charge in [0.2, 0.25) is 0 Å². The Kier molecular flexibility index (Phi) is 3.70. The molecule has 1 aromatic heterocycles. The van der Waals surface area contributed by atoms with E-state index in [0.29, 0.717) is 0 Å². The summed E-state index contributed by atoms with van der Waals surface area (Å²) in [6, 6.07) is -0.811. The van der Waals surface area contributed by atoms with Gasteiger partial charge in [-0.15, -0.1) is 0 Å². The van der Waals surface area contributed by atoms with Crippen LogP contribution < -0.4 is 11.3 Å². The maximum atomic E-state index is 12.1. The monoisotopic (exact) mass is 222 g/mol. The van der Waals surface area contributed by atoms with Crippen molar-refractivity contribution in [2.24, 2.45) is 12.9 Å². The van der Waals surface area contributed by atoms with Gasteiger partial charge in [0.25, 0.3) is 0 Å². The zero-order valence-corrected chi connectivity index (χ0v) is 8.25. The van der Waals surface area contributed by atoms with Crippen LogP contribution in [0.3, 0.4) is 0 Å². The molecular formula is C8H13F3N4. The molecule has 0 spiro atoms. The van der Waals surface area contributed by atoms with Crippen molar-refractivity contribution in [3.8, 4) is 0 Å². The first kappa shape index (κ1) is 12.0.